The number of quaternary nitrogens is 1. The van der Waals surface area contributed by atoms with Gasteiger partial charge in [0.05, 0.1) is 13.1 Å². The molecule has 25 heavy (non-hydrogen) atoms. The normalized spacial score (nSPS) is 14.9. The molecule has 0 aromatic heterocycles. The highest BCUT2D eigenvalue weighted by molar-refractivity contribution is 5.77. The van der Waals surface area contributed by atoms with E-state index in [1.165, 1.54) is 43.5 Å². The molecule has 1 aliphatic heterocycles. The Morgan fingerprint density at radius 1 is 0.920 bits per heavy atom. The summed E-state index contributed by atoms with van der Waals surface area (Å²) in [6.07, 6.45) is 4.01. The number of ether oxygens (including phenoxy) is 1. The van der Waals surface area contributed by atoms with Gasteiger partial charge in [-0.3, -0.25) is 4.79 Å². The van der Waals surface area contributed by atoms with Crippen molar-refractivity contribution in [1.82, 2.24) is 5.32 Å². The average Bonchev–Trinajstić information content (AvgIpc) is 2.67. The molecule has 4 nitrogen and oxygen atoms in total. The van der Waals surface area contributed by atoms with Gasteiger partial charge in [-0.15, -0.1) is 0 Å². The average molecular weight is 339 g/mol. The molecule has 3 rings (SSSR count). The van der Waals surface area contributed by atoms with Crippen LogP contribution in [0.15, 0.2) is 54.6 Å². The van der Waals surface area contributed by atoms with Gasteiger partial charge in [0.1, 0.15) is 12.3 Å². The number of hydrogen-bond donors (Lipinski definition) is 2. The van der Waals surface area contributed by atoms with Crippen LogP contribution in [0.5, 0.6) is 5.75 Å². The maximum atomic E-state index is 12.0. The minimum absolute atomic E-state index is 0.0452. The van der Waals surface area contributed by atoms with Crippen molar-refractivity contribution < 1.29 is 14.4 Å². The molecule has 1 amide bonds. The number of likely N-dealkylation sites (tertiary alicyclic amines) is 1. The van der Waals surface area contributed by atoms with Crippen molar-refractivity contribution in [3.05, 3.63) is 65.7 Å². The van der Waals surface area contributed by atoms with Crippen LogP contribution in [0.2, 0.25) is 0 Å². The third-order valence-corrected chi connectivity index (χ3v) is 4.71. The fourth-order valence-electron chi connectivity index (χ4n) is 3.31. The van der Waals surface area contributed by atoms with Gasteiger partial charge in [-0.1, -0.05) is 42.5 Å². The van der Waals surface area contributed by atoms with Crippen LogP contribution in [-0.2, 0) is 17.9 Å². The Labute approximate surface area is 149 Å². The minimum atomic E-state index is -0.0935. The lowest BCUT2D eigenvalue weighted by Crippen LogP contribution is -3.11. The number of piperidine rings is 1. The highest BCUT2D eigenvalue weighted by Gasteiger charge is 2.15. The minimum Gasteiger partial charge on any atom is -0.484 e. The van der Waals surface area contributed by atoms with Gasteiger partial charge in [0, 0.05) is 12.1 Å². The van der Waals surface area contributed by atoms with Crippen LogP contribution >= 0.6 is 0 Å². The Balaban J connectivity index is 1.49. The van der Waals surface area contributed by atoms with Gasteiger partial charge >= 0.3 is 0 Å². The molecule has 1 aliphatic rings. The molecule has 0 aliphatic carbocycles. The summed E-state index contributed by atoms with van der Waals surface area (Å²) in [4.78, 5) is 13.7. The van der Waals surface area contributed by atoms with Gasteiger partial charge in [-0.05, 0) is 37.0 Å². The first kappa shape index (κ1) is 17.5. The van der Waals surface area contributed by atoms with E-state index in [-0.39, 0.29) is 12.5 Å². The first-order valence-corrected chi connectivity index (χ1v) is 9.16. The summed E-state index contributed by atoms with van der Waals surface area (Å²) in [6, 6.07) is 17.8. The number of benzene rings is 2. The van der Waals surface area contributed by atoms with E-state index < -0.39 is 0 Å². The first-order chi connectivity index (χ1) is 12.3. The zero-order chi connectivity index (χ0) is 17.3. The molecule has 1 fully saturated rings. The van der Waals surface area contributed by atoms with Crippen LogP contribution in [0.1, 0.15) is 30.4 Å². The molecule has 1 heterocycles. The molecule has 2 aromatic rings. The molecule has 4 heteroatoms. The van der Waals surface area contributed by atoms with Crippen LogP contribution in [-0.4, -0.2) is 25.6 Å². The third kappa shape index (κ3) is 5.61. The Morgan fingerprint density at radius 2 is 1.60 bits per heavy atom. The molecule has 0 bridgehead atoms. The number of rotatable bonds is 7. The zero-order valence-electron chi connectivity index (χ0n) is 14.7. The first-order valence-electron chi connectivity index (χ1n) is 9.16. The Bertz CT molecular complexity index is 667. The van der Waals surface area contributed by atoms with E-state index >= 15 is 0 Å². The fraction of sp³-hybridized carbons (Fsp3) is 0.381. The summed E-state index contributed by atoms with van der Waals surface area (Å²) in [5.41, 5.74) is 2.54. The van der Waals surface area contributed by atoms with Crippen LogP contribution in [0.4, 0.5) is 0 Å². The van der Waals surface area contributed by atoms with Crippen molar-refractivity contribution >= 4 is 5.91 Å². The molecule has 0 spiro atoms. The summed E-state index contributed by atoms with van der Waals surface area (Å²) in [6.45, 7) is 4.16. The Hall–Kier alpha value is -2.33. The smallest absolute Gasteiger partial charge is 0.258 e. The Morgan fingerprint density at radius 3 is 2.36 bits per heavy atom. The van der Waals surface area contributed by atoms with Gasteiger partial charge in [0.25, 0.3) is 5.91 Å². The van der Waals surface area contributed by atoms with Crippen LogP contribution in [0.25, 0.3) is 0 Å². The second-order valence-electron chi connectivity index (χ2n) is 6.63. The van der Waals surface area contributed by atoms with E-state index in [2.05, 4.69) is 23.5 Å². The molecule has 0 unspecified atom stereocenters. The lowest BCUT2D eigenvalue weighted by molar-refractivity contribution is -0.918. The monoisotopic (exact) mass is 339 g/mol. The molecule has 132 valence electrons. The molecule has 1 saturated heterocycles. The highest BCUT2D eigenvalue weighted by atomic mass is 16.5. The largest absolute Gasteiger partial charge is 0.484 e. The van der Waals surface area contributed by atoms with Crippen molar-refractivity contribution in [3.8, 4) is 5.75 Å². The molecule has 2 aromatic carbocycles. The van der Waals surface area contributed by atoms with Crippen molar-refractivity contribution in [2.75, 3.05) is 19.7 Å². The zero-order valence-corrected chi connectivity index (χ0v) is 14.7. The summed E-state index contributed by atoms with van der Waals surface area (Å²) < 4.78 is 5.49. The van der Waals surface area contributed by atoms with Crippen LogP contribution in [0, 0.1) is 0 Å². The molecule has 0 atom stereocenters. The van der Waals surface area contributed by atoms with Crippen molar-refractivity contribution in [2.45, 2.75) is 32.4 Å². The number of carbonyl (C=O) groups excluding carboxylic acids is 1. The van der Waals surface area contributed by atoms with Crippen molar-refractivity contribution in [2.24, 2.45) is 0 Å². The van der Waals surface area contributed by atoms with E-state index in [1.54, 1.807) is 4.90 Å². The Kier molecular flexibility index (Phi) is 6.46. The quantitative estimate of drug-likeness (QED) is 0.810. The summed E-state index contributed by atoms with van der Waals surface area (Å²) in [5, 5.41) is 2.97. The lowest BCUT2D eigenvalue weighted by Gasteiger charge is -2.24. The molecule has 2 N–H and O–H groups in total. The van der Waals surface area contributed by atoms with Crippen molar-refractivity contribution in [3.63, 3.8) is 0 Å². The van der Waals surface area contributed by atoms with E-state index in [9.17, 15) is 4.79 Å². The highest BCUT2D eigenvalue weighted by Crippen LogP contribution is 2.09. The number of carbonyl (C=O) groups is 1. The molecular weight excluding hydrogens is 312 g/mol. The van der Waals surface area contributed by atoms with Gasteiger partial charge in [-0.25, -0.2) is 0 Å². The van der Waals surface area contributed by atoms with Crippen molar-refractivity contribution in [1.29, 1.82) is 0 Å². The fourth-order valence-corrected chi connectivity index (χ4v) is 3.31. The lowest BCUT2D eigenvalue weighted by atomic mass is 10.0. The second kappa shape index (κ2) is 9.23. The van der Waals surface area contributed by atoms with Crippen LogP contribution < -0.4 is 15.0 Å². The SMILES string of the molecule is O=C(COc1ccccc1)NCc1ccccc1C[NH+]1CCCCC1. The van der Waals surface area contributed by atoms with E-state index in [0.29, 0.717) is 12.3 Å². The number of nitrogens with one attached hydrogen (secondary N) is 2. The molecular formula is C21H27N2O2+. The van der Waals surface area contributed by atoms with Gasteiger partial charge < -0.3 is 15.0 Å². The number of para-hydroxylation sites is 1. The van der Waals surface area contributed by atoms with Gasteiger partial charge in [0.15, 0.2) is 6.61 Å². The predicted octanol–water partition coefficient (Wildman–Crippen LogP) is 1.95. The molecule has 0 radical (unpaired) electrons. The number of amides is 1. The van der Waals surface area contributed by atoms with E-state index in [4.69, 9.17) is 4.74 Å². The summed E-state index contributed by atoms with van der Waals surface area (Å²) in [7, 11) is 0. The van der Waals surface area contributed by atoms with E-state index in [1.807, 2.05) is 36.4 Å². The third-order valence-electron chi connectivity index (χ3n) is 4.71. The van der Waals surface area contributed by atoms with E-state index in [0.717, 1.165) is 6.54 Å². The topological polar surface area (TPSA) is 42.8 Å². The van der Waals surface area contributed by atoms with Gasteiger partial charge in [0.2, 0.25) is 0 Å². The maximum Gasteiger partial charge on any atom is 0.258 e. The second-order valence-corrected chi connectivity index (χ2v) is 6.63. The standard InChI is InChI=1S/C21H26N2O2/c24-21(17-25-20-11-3-1-4-12-20)22-15-18-9-5-6-10-19(18)16-23-13-7-2-8-14-23/h1,3-6,9-12H,2,7-8,13-17H2,(H,22,24)/p+1. The summed E-state index contributed by atoms with van der Waals surface area (Å²) in [5.74, 6) is 0.621. The van der Waals surface area contributed by atoms with Gasteiger partial charge in [-0.2, -0.15) is 0 Å². The van der Waals surface area contributed by atoms with Crippen LogP contribution in [0.3, 0.4) is 0 Å². The predicted molar refractivity (Wildman–Crippen MR) is 98.5 cm³/mol. The molecule has 0 saturated carbocycles. The summed E-state index contributed by atoms with van der Waals surface area (Å²) >= 11 is 0. The number of hydrogen-bond acceptors (Lipinski definition) is 2. The maximum absolute atomic E-state index is 12.0.